The SMILES string of the molecule is CN1CCN(CCCNC(=O)Cc2ccccc2NS(C)(=O)=O)C(c2ccccc2)C1. The molecule has 3 rings (SSSR count). The van der Waals surface area contributed by atoms with E-state index in [0.29, 0.717) is 23.8 Å². The minimum atomic E-state index is -3.39. The lowest BCUT2D eigenvalue weighted by Gasteiger charge is -2.40. The molecule has 0 spiro atoms. The fraction of sp³-hybridized carbons (Fsp3) is 0.435. The van der Waals surface area contributed by atoms with Gasteiger partial charge in [0.15, 0.2) is 0 Å². The van der Waals surface area contributed by atoms with Crippen molar-refractivity contribution in [1.29, 1.82) is 0 Å². The van der Waals surface area contributed by atoms with Crippen molar-refractivity contribution in [3.63, 3.8) is 0 Å². The van der Waals surface area contributed by atoms with Gasteiger partial charge >= 0.3 is 0 Å². The number of hydrogen-bond acceptors (Lipinski definition) is 5. The van der Waals surface area contributed by atoms with Crippen LogP contribution in [0, 0.1) is 0 Å². The summed E-state index contributed by atoms with van der Waals surface area (Å²) in [4.78, 5) is 17.3. The van der Waals surface area contributed by atoms with Gasteiger partial charge in [0.25, 0.3) is 0 Å². The van der Waals surface area contributed by atoms with Crippen molar-refractivity contribution >= 4 is 21.6 Å². The summed E-state index contributed by atoms with van der Waals surface area (Å²) in [6, 6.07) is 17.9. The van der Waals surface area contributed by atoms with Crippen LogP contribution in [0.4, 0.5) is 5.69 Å². The molecule has 31 heavy (non-hydrogen) atoms. The molecule has 1 amide bonds. The number of nitrogens with zero attached hydrogens (tertiary/aromatic N) is 2. The first-order valence-corrected chi connectivity index (χ1v) is 12.5. The molecule has 2 N–H and O–H groups in total. The van der Waals surface area contributed by atoms with Crippen molar-refractivity contribution < 1.29 is 13.2 Å². The molecule has 1 heterocycles. The maximum Gasteiger partial charge on any atom is 0.229 e. The van der Waals surface area contributed by atoms with Gasteiger partial charge in [-0.15, -0.1) is 0 Å². The van der Waals surface area contributed by atoms with Crippen LogP contribution in [-0.4, -0.2) is 70.2 Å². The number of likely N-dealkylation sites (N-methyl/N-ethyl adjacent to an activating group) is 1. The van der Waals surface area contributed by atoms with E-state index in [2.05, 4.69) is 51.2 Å². The first-order chi connectivity index (χ1) is 14.8. The molecule has 0 aliphatic carbocycles. The predicted molar refractivity (Wildman–Crippen MR) is 124 cm³/mol. The van der Waals surface area contributed by atoms with Crippen LogP contribution in [0.5, 0.6) is 0 Å². The van der Waals surface area contributed by atoms with Gasteiger partial charge in [0.1, 0.15) is 0 Å². The summed E-state index contributed by atoms with van der Waals surface area (Å²) in [5, 5.41) is 2.97. The quantitative estimate of drug-likeness (QED) is 0.579. The van der Waals surface area contributed by atoms with E-state index < -0.39 is 10.0 Å². The van der Waals surface area contributed by atoms with Crippen molar-refractivity contribution in [2.75, 3.05) is 50.7 Å². The molecule has 8 heteroatoms. The minimum absolute atomic E-state index is 0.110. The second-order valence-electron chi connectivity index (χ2n) is 8.14. The molecular weight excluding hydrogens is 412 g/mol. The minimum Gasteiger partial charge on any atom is -0.356 e. The summed E-state index contributed by atoms with van der Waals surface area (Å²) < 4.78 is 25.5. The van der Waals surface area contributed by atoms with Crippen LogP contribution in [-0.2, 0) is 21.2 Å². The van der Waals surface area contributed by atoms with Gasteiger partial charge in [-0.1, -0.05) is 48.5 Å². The Hall–Kier alpha value is -2.42. The number of benzene rings is 2. The maximum absolute atomic E-state index is 12.4. The van der Waals surface area contributed by atoms with Gasteiger partial charge in [-0.05, 0) is 30.7 Å². The highest BCUT2D eigenvalue weighted by molar-refractivity contribution is 7.92. The van der Waals surface area contributed by atoms with E-state index in [4.69, 9.17) is 0 Å². The van der Waals surface area contributed by atoms with Crippen LogP contribution in [0.15, 0.2) is 54.6 Å². The highest BCUT2D eigenvalue weighted by Crippen LogP contribution is 2.24. The average molecular weight is 445 g/mol. The fourth-order valence-corrected chi connectivity index (χ4v) is 4.53. The van der Waals surface area contributed by atoms with E-state index >= 15 is 0 Å². The van der Waals surface area contributed by atoms with Crippen LogP contribution < -0.4 is 10.0 Å². The molecule has 1 unspecified atom stereocenters. The molecule has 0 aromatic heterocycles. The topological polar surface area (TPSA) is 81.8 Å². The molecule has 168 valence electrons. The lowest BCUT2D eigenvalue weighted by Crippen LogP contribution is -2.47. The average Bonchev–Trinajstić information content (AvgIpc) is 2.73. The van der Waals surface area contributed by atoms with Gasteiger partial charge in [-0.3, -0.25) is 14.4 Å². The van der Waals surface area contributed by atoms with E-state index in [-0.39, 0.29) is 12.3 Å². The molecule has 7 nitrogen and oxygen atoms in total. The Morgan fingerprint density at radius 1 is 1.06 bits per heavy atom. The first-order valence-electron chi connectivity index (χ1n) is 10.6. The van der Waals surface area contributed by atoms with Gasteiger partial charge in [-0.25, -0.2) is 8.42 Å². The van der Waals surface area contributed by atoms with Crippen LogP contribution in [0.1, 0.15) is 23.6 Å². The van der Waals surface area contributed by atoms with Gasteiger partial charge in [-0.2, -0.15) is 0 Å². The number of carbonyl (C=O) groups excluding carboxylic acids is 1. The van der Waals surface area contributed by atoms with Crippen molar-refractivity contribution in [3.05, 3.63) is 65.7 Å². The van der Waals surface area contributed by atoms with Crippen molar-refractivity contribution in [2.45, 2.75) is 18.9 Å². The van der Waals surface area contributed by atoms with E-state index in [1.165, 1.54) is 5.56 Å². The molecule has 1 atom stereocenters. The van der Waals surface area contributed by atoms with E-state index in [9.17, 15) is 13.2 Å². The van der Waals surface area contributed by atoms with Crippen LogP contribution in [0.2, 0.25) is 0 Å². The molecule has 2 aromatic rings. The molecule has 0 radical (unpaired) electrons. The van der Waals surface area contributed by atoms with E-state index in [1.807, 2.05) is 6.07 Å². The van der Waals surface area contributed by atoms with Crippen molar-refractivity contribution in [1.82, 2.24) is 15.1 Å². The smallest absolute Gasteiger partial charge is 0.229 e. The Labute approximate surface area is 185 Å². The lowest BCUT2D eigenvalue weighted by atomic mass is 10.0. The Morgan fingerprint density at radius 3 is 2.52 bits per heavy atom. The number of para-hydroxylation sites is 1. The second-order valence-corrected chi connectivity index (χ2v) is 9.88. The molecule has 2 aromatic carbocycles. The zero-order valence-corrected chi connectivity index (χ0v) is 19.1. The Kier molecular flexibility index (Phi) is 8.06. The normalized spacial score (nSPS) is 17.9. The molecule has 1 fully saturated rings. The summed E-state index contributed by atoms with van der Waals surface area (Å²) in [5.74, 6) is -0.110. The number of anilines is 1. The number of piperazine rings is 1. The first kappa shape index (κ1) is 23.2. The van der Waals surface area contributed by atoms with E-state index in [0.717, 1.165) is 38.9 Å². The standard InChI is InChI=1S/C23H32N4O3S/c1-26-15-16-27(22(18-26)19-9-4-3-5-10-19)14-8-13-24-23(28)17-20-11-6-7-12-21(20)25-31(2,29)30/h3-7,9-12,22,25H,8,13-18H2,1-2H3,(H,24,28). The highest BCUT2D eigenvalue weighted by atomic mass is 32.2. The summed E-state index contributed by atoms with van der Waals surface area (Å²) in [6.45, 7) is 4.56. The van der Waals surface area contributed by atoms with E-state index in [1.54, 1.807) is 24.3 Å². The van der Waals surface area contributed by atoms with Gasteiger partial charge in [0, 0.05) is 38.8 Å². The summed E-state index contributed by atoms with van der Waals surface area (Å²) in [7, 11) is -1.23. The number of hydrogen-bond donors (Lipinski definition) is 2. The van der Waals surface area contributed by atoms with Gasteiger partial charge < -0.3 is 10.2 Å². The molecule has 1 saturated heterocycles. The third kappa shape index (κ3) is 7.34. The molecular formula is C23H32N4O3S. The maximum atomic E-state index is 12.4. The molecule has 0 bridgehead atoms. The summed E-state index contributed by atoms with van der Waals surface area (Å²) in [6.07, 6.45) is 2.10. The highest BCUT2D eigenvalue weighted by Gasteiger charge is 2.25. The van der Waals surface area contributed by atoms with Crippen LogP contribution in [0.3, 0.4) is 0 Å². The summed E-state index contributed by atoms with van der Waals surface area (Å²) >= 11 is 0. The zero-order valence-electron chi connectivity index (χ0n) is 18.3. The van der Waals surface area contributed by atoms with Crippen molar-refractivity contribution in [3.8, 4) is 0 Å². The lowest BCUT2D eigenvalue weighted by molar-refractivity contribution is -0.120. The van der Waals surface area contributed by atoms with Gasteiger partial charge in [0.05, 0.1) is 18.4 Å². The molecule has 0 saturated carbocycles. The number of rotatable bonds is 9. The fourth-order valence-electron chi connectivity index (χ4n) is 3.94. The predicted octanol–water partition coefficient (Wildman–Crippen LogP) is 2.10. The summed E-state index contributed by atoms with van der Waals surface area (Å²) in [5.41, 5.74) is 2.44. The second kappa shape index (κ2) is 10.7. The largest absolute Gasteiger partial charge is 0.356 e. The number of sulfonamides is 1. The third-order valence-electron chi connectivity index (χ3n) is 5.49. The Balaban J connectivity index is 1.49. The number of amides is 1. The monoisotopic (exact) mass is 444 g/mol. The Bertz CT molecular complexity index is 966. The zero-order chi connectivity index (χ0) is 22.3. The van der Waals surface area contributed by atoms with Crippen molar-refractivity contribution in [2.24, 2.45) is 0 Å². The van der Waals surface area contributed by atoms with Gasteiger partial charge in [0.2, 0.25) is 15.9 Å². The third-order valence-corrected chi connectivity index (χ3v) is 6.08. The van der Waals surface area contributed by atoms with Crippen LogP contribution >= 0.6 is 0 Å². The number of nitrogens with one attached hydrogen (secondary N) is 2. The molecule has 1 aliphatic heterocycles. The number of carbonyl (C=O) groups is 1. The molecule has 1 aliphatic rings. The Morgan fingerprint density at radius 2 is 1.77 bits per heavy atom. The van der Waals surface area contributed by atoms with Crippen LogP contribution in [0.25, 0.3) is 0 Å².